The van der Waals surface area contributed by atoms with Crippen LogP contribution in [-0.4, -0.2) is 12.1 Å². The molecular formula is C12H22O2. The summed E-state index contributed by atoms with van der Waals surface area (Å²) in [6.45, 7) is 6.05. The summed E-state index contributed by atoms with van der Waals surface area (Å²) in [5, 5.41) is 0. The van der Waals surface area contributed by atoms with Gasteiger partial charge in [-0.2, -0.15) is 0 Å². The first kappa shape index (κ1) is 11.5. The molecule has 0 spiro atoms. The van der Waals surface area contributed by atoms with Crippen molar-refractivity contribution in [1.29, 1.82) is 0 Å². The van der Waals surface area contributed by atoms with Gasteiger partial charge in [0.2, 0.25) is 0 Å². The van der Waals surface area contributed by atoms with Crippen molar-refractivity contribution in [1.82, 2.24) is 0 Å². The molecule has 1 saturated carbocycles. The number of rotatable bonds is 3. The second kappa shape index (κ2) is 5.38. The highest BCUT2D eigenvalue weighted by Gasteiger charge is 2.26. The van der Waals surface area contributed by atoms with Gasteiger partial charge in [0.25, 0.3) is 0 Å². The Morgan fingerprint density at radius 3 is 2.79 bits per heavy atom. The van der Waals surface area contributed by atoms with Crippen molar-refractivity contribution in [2.24, 2.45) is 11.8 Å². The van der Waals surface area contributed by atoms with Gasteiger partial charge in [-0.3, -0.25) is 4.79 Å². The predicted molar refractivity (Wildman–Crippen MR) is 57.0 cm³/mol. The molecule has 0 heterocycles. The highest BCUT2D eigenvalue weighted by Crippen LogP contribution is 2.32. The third-order valence-electron chi connectivity index (χ3n) is 3.45. The van der Waals surface area contributed by atoms with Gasteiger partial charge in [-0.1, -0.05) is 20.3 Å². The number of carbonyl (C=O) groups excluding carboxylic acids is 1. The van der Waals surface area contributed by atoms with Crippen molar-refractivity contribution in [3.8, 4) is 0 Å². The van der Waals surface area contributed by atoms with Crippen molar-refractivity contribution >= 4 is 5.97 Å². The van der Waals surface area contributed by atoms with Gasteiger partial charge < -0.3 is 4.74 Å². The lowest BCUT2D eigenvalue weighted by atomic mass is 9.78. The summed E-state index contributed by atoms with van der Waals surface area (Å²) in [5.41, 5.74) is 0. The van der Waals surface area contributed by atoms with E-state index in [-0.39, 0.29) is 12.1 Å². The van der Waals surface area contributed by atoms with Crippen LogP contribution in [0.5, 0.6) is 0 Å². The van der Waals surface area contributed by atoms with E-state index in [0.717, 1.165) is 24.7 Å². The summed E-state index contributed by atoms with van der Waals surface area (Å²) in [6.07, 6.45) is 6.10. The number of hydrogen-bond acceptors (Lipinski definition) is 2. The zero-order valence-electron chi connectivity index (χ0n) is 9.58. The van der Waals surface area contributed by atoms with E-state index in [1.165, 1.54) is 26.2 Å². The van der Waals surface area contributed by atoms with Crippen LogP contribution in [0.15, 0.2) is 0 Å². The maximum Gasteiger partial charge on any atom is 0.302 e. The van der Waals surface area contributed by atoms with E-state index >= 15 is 0 Å². The predicted octanol–water partition coefficient (Wildman–Crippen LogP) is 3.15. The maximum absolute atomic E-state index is 10.8. The SMILES string of the molecule is CCC(C)C1CCCC(OC(C)=O)C1. The van der Waals surface area contributed by atoms with Crippen molar-refractivity contribution in [3.63, 3.8) is 0 Å². The molecule has 0 radical (unpaired) electrons. The molecule has 82 valence electrons. The molecule has 0 aromatic carbocycles. The molecule has 1 fully saturated rings. The lowest BCUT2D eigenvalue weighted by Crippen LogP contribution is -2.27. The Labute approximate surface area is 87.0 Å². The molecule has 0 aromatic rings. The molecular weight excluding hydrogens is 176 g/mol. The maximum atomic E-state index is 10.8. The fourth-order valence-electron chi connectivity index (χ4n) is 2.37. The zero-order valence-corrected chi connectivity index (χ0v) is 9.58. The highest BCUT2D eigenvalue weighted by molar-refractivity contribution is 5.66. The van der Waals surface area contributed by atoms with Gasteiger partial charge in [0.05, 0.1) is 0 Å². The van der Waals surface area contributed by atoms with Gasteiger partial charge in [0, 0.05) is 6.92 Å². The quantitative estimate of drug-likeness (QED) is 0.651. The molecule has 2 nitrogen and oxygen atoms in total. The summed E-state index contributed by atoms with van der Waals surface area (Å²) in [4.78, 5) is 10.8. The molecule has 14 heavy (non-hydrogen) atoms. The topological polar surface area (TPSA) is 26.3 Å². The molecule has 0 N–H and O–H groups in total. The van der Waals surface area contributed by atoms with E-state index in [0.29, 0.717) is 0 Å². The molecule has 3 atom stereocenters. The molecule has 0 aliphatic heterocycles. The van der Waals surface area contributed by atoms with E-state index < -0.39 is 0 Å². The molecule has 1 rings (SSSR count). The average molecular weight is 198 g/mol. The summed E-state index contributed by atoms with van der Waals surface area (Å²) in [5.74, 6) is 1.41. The van der Waals surface area contributed by atoms with Crippen LogP contribution < -0.4 is 0 Å². The number of ether oxygens (including phenoxy) is 1. The third kappa shape index (κ3) is 3.32. The Balaban J connectivity index is 2.39. The number of hydrogen-bond donors (Lipinski definition) is 0. The fraction of sp³-hybridized carbons (Fsp3) is 0.917. The average Bonchev–Trinajstić information content (AvgIpc) is 2.16. The van der Waals surface area contributed by atoms with Crippen LogP contribution in [0, 0.1) is 11.8 Å². The van der Waals surface area contributed by atoms with Crippen LogP contribution in [-0.2, 0) is 9.53 Å². The fourth-order valence-corrected chi connectivity index (χ4v) is 2.37. The van der Waals surface area contributed by atoms with Crippen molar-refractivity contribution < 1.29 is 9.53 Å². The lowest BCUT2D eigenvalue weighted by molar-refractivity contribution is -0.148. The van der Waals surface area contributed by atoms with Crippen LogP contribution >= 0.6 is 0 Å². The van der Waals surface area contributed by atoms with E-state index in [9.17, 15) is 4.79 Å². The van der Waals surface area contributed by atoms with Gasteiger partial charge in [-0.15, -0.1) is 0 Å². The molecule has 0 aromatic heterocycles. The second-order valence-corrected chi connectivity index (χ2v) is 4.54. The summed E-state index contributed by atoms with van der Waals surface area (Å²) in [7, 11) is 0. The van der Waals surface area contributed by atoms with E-state index in [2.05, 4.69) is 13.8 Å². The monoisotopic (exact) mass is 198 g/mol. The summed E-state index contributed by atoms with van der Waals surface area (Å²) in [6, 6.07) is 0. The Kier molecular flexibility index (Phi) is 4.43. The first-order chi connectivity index (χ1) is 6.63. The van der Waals surface area contributed by atoms with Crippen molar-refractivity contribution in [3.05, 3.63) is 0 Å². The van der Waals surface area contributed by atoms with Crippen LogP contribution in [0.25, 0.3) is 0 Å². The molecule has 1 aliphatic rings. The minimum atomic E-state index is -0.125. The Morgan fingerprint density at radius 2 is 2.21 bits per heavy atom. The van der Waals surface area contributed by atoms with Gasteiger partial charge in [-0.25, -0.2) is 0 Å². The summed E-state index contributed by atoms with van der Waals surface area (Å²) < 4.78 is 5.28. The van der Waals surface area contributed by atoms with Crippen molar-refractivity contribution in [2.75, 3.05) is 0 Å². The van der Waals surface area contributed by atoms with Gasteiger partial charge >= 0.3 is 5.97 Å². The van der Waals surface area contributed by atoms with E-state index in [4.69, 9.17) is 4.74 Å². The van der Waals surface area contributed by atoms with Gasteiger partial charge in [0.15, 0.2) is 0 Å². The van der Waals surface area contributed by atoms with Crippen LogP contribution in [0.3, 0.4) is 0 Å². The molecule has 3 unspecified atom stereocenters. The molecule has 0 bridgehead atoms. The van der Waals surface area contributed by atoms with Gasteiger partial charge in [-0.05, 0) is 37.5 Å². The zero-order chi connectivity index (χ0) is 10.6. The lowest BCUT2D eigenvalue weighted by Gasteiger charge is -2.32. The number of esters is 1. The second-order valence-electron chi connectivity index (χ2n) is 4.54. The van der Waals surface area contributed by atoms with Crippen LogP contribution in [0.2, 0.25) is 0 Å². The molecule has 0 amide bonds. The first-order valence-corrected chi connectivity index (χ1v) is 5.80. The summed E-state index contributed by atoms with van der Waals surface area (Å²) >= 11 is 0. The van der Waals surface area contributed by atoms with Crippen molar-refractivity contribution in [2.45, 2.75) is 59.0 Å². The molecule has 1 aliphatic carbocycles. The third-order valence-corrected chi connectivity index (χ3v) is 3.45. The van der Waals surface area contributed by atoms with Crippen LogP contribution in [0.4, 0.5) is 0 Å². The Bertz CT molecular complexity index is 189. The Hall–Kier alpha value is -0.530. The Morgan fingerprint density at radius 1 is 1.50 bits per heavy atom. The minimum Gasteiger partial charge on any atom is -0.463 e. The standard InChI is InChI=1S/C12H22O2/c1-4-9(2)11-6-5-7-12(8-11)14-10(3)13/h9,11-12H,4-8H2,1-3H3. The molecule has 0 saturated heterocycles. The normalized spacial score (nSPS) is 29.6. The molecule has 2 heteroatoms. The highest BCUT2D eigenvalue weighted by atomic mass is 16.5. The smallest absolute Gasteiger partial charge is 0.302 e. The van der Waals surface area contributed by atoms with E-state index in [1.807, 2.05) is 0 Å². The minimum absolute atomic E-state index is 0.125. The van der Waals surface area contributed by atoms with E-state index in [1.54, 1.807) is 0 Å². The largest absolute Gasteiger partial charge is 0.463 e. The van der Waals surface area contributed by atoms with Gasteiger partial charge in [0.1, 0.15) is 6.10 Å². The van der Waals surface area contributed by atoms with Crippen LogP contribution in [0.1, 0.15) is 52.9 Å². The number of carbonyl (C=O) groups is 1. The first-order valence-electron chi connectivity index (χ1n) is 5.80.